The highest BCUT2D eigenvalue weighted by molar-refractivity contribution is 5.85. The van der Waals surface area contributed by atoms with E-state index in [-0.39, 0.29) is 16.9 Å². The second-order valence-electron chi connectivity index (χ2n) is 2.86. The smallest absolute Gasteiger partial charge is 0.328 e. The second-order valence-corrected chi connectivity index (χ2v) is 2.86. The normalized spacial score (nSPS) is 10.1. The predicted octanol–water partition coefficient (Wildman–Crippen LogP) is 1.80. The number of aliphatic carboxylic acids is 1. The Labute approximate surface area is 91.2 Å². The molecule has 0 heterocycles. The number of nitriles is 1. The maximum absolute atomic E-state index is 13.4. The molecule has 0 aliphatic carbocycles. The van der Waals surface area contributed by atoms with Crippen molar-refractivity contribution in [2.45, 2.75) is 0 Å². The van der Waals surface area contributed by atoms with Gasteiger partial charge >= 0.3 is 5.97 Å². The van der Waals surface area contributed by atoms with Gasteiger partial charge in [0.15, 0.2) is 0 Å². The van der Waals surface area contributed by atoms with E-state index in [1.54, 1.807) is 6.07 Å². The summed E-state index contributed by atoms with van der Waals surface area (Å²) in [5.41, 5.74) is 0.116. The minimum absolute atomic E-state index is 0.0539. The van der Waals surface area contributed by atoms with E-state index in [4.69, 9.17) is 15.1 Å². The molecule has 0 aromatic heterocycles. The Bertz CT molecular complexity index is 489. The Balaban J connectivity index is 3.22. The lowest BCUT2D eigenvalue weighted by Gasteiger charge is -2.04. The maximum atomic E-state index is 13.4. The van der Waals surface area contributed by atoms with E-state index in [0.29, 0.717) is 0 Å². The van der Waals surface area contributed by atoms with Crippen molar-refractivity contribution in [1.29, 1.82) is 5.26 Å². The first-order valence-corrected chi connectivity index (χ1v) is 4.27. The number of carboxylic acids is 1. The van der Waals surface area contributed by atoms with E-state index in [1.807, 2.05) is 0 Å². The van der Waals surface area contributed by atoms with Crippen LogP contribution < -0.4 is 4.74 Å². The number of hydrogen-bond acceptors (Lipinski definition) is 3. The maximum Gasteiger partial charge on any atom is 0.328 e. The summed E-state index contributed by atoms with van der Waals surface area (Å²) in [5.74, 6) is -1.65. The SMILES string of the molecule is COc1cc(/C=C/C(=O)O)c(F)cc1C#N. The van der Waals surface area contributed by atoms with Gasteiger partial charge in [0.2, 0.25) is 0 Å². The molecule has 0 amide bonds. The van der Waals surface area contributed by atoms with Crippen molar-refractivity contribution in [3.63, 3.8) is 0 Å². The first-order valence-electron chi connectivity index (χ1n) is 4.27. The van der Waals surface area contributed by atoms with Gasteiger partial charge in [0.05, 0.1) is 12.7 Å². The number of nitrogens with zero attached hydrogens (tertiary/aromatic N) is 1. The topological polar surface area (TPSA) is 70.3 Å². The van der Waals surface area contributed by atoms with Crippen LogP contribution in [0.1, 0.15) is 11.1 Å². The van der Waals surface area contributed by atoms with Crippen molar-refractivity contribution >= 4 is 12.0 Å². The number of carboxylic acid groups (broad SMARTS) is 1. The lowest BCUT2D eigenvalue weighted by molar-refractivity contribution is -0.131. The molecular weight excluding hydrogens is 213 g/mol. The molecule has 0 spiro atoms. The highest BCUT2D eigenvalue weighted by Crippen LogP contribution is 2.23. The lowest BCUT2D eigenvalue weighted by atomic mass is 10.1. The second kappa shape index (κ2) is 4.94. The van der Waals surface area contributed by atoms with Crippen molar-refractivity contribution in [2.75, 3.05) is 7.11 Å². The minimum atomic E-state index is -1.18. The number of ether oxygens (including phenoxy) is 1. The average molecular weight is 221 g/mol. The molecule has 0 aliphatic rings. The summed E-state index contributed by atoms with van der Waals surface area (Å²) in [7, 11) is 1.35. The summed E-state index contributed by atoms with van der Waals surface area (Å²) in [6.07, 6.45) is 1.91. The van der Waals surface area contributed by atoms with Crippen molar-refractivity contribution in [3.05, 3.63) is 35.2 Å². The number of hydrogen-bond donors (Lipinski definition) is 1. The Morgan fingerprint density at radius 3 is 2.81 bits per heavy atom. The van der Waals surface area contributed by atoms with Gasteiger partial charge in [0.25, 0.3) is 0 Å². The van der Waals surface area contributed by atoms with Crippen LogP contribution in [0.2, 0.25) is 0 Å². The monoisotopic (exact) mass is 221 g/mol. The Hall–Kier alpha value is -2.35. The predicted molar refractivity (Wildman–Crippen MR) is 54.3 cm³/mol. The van der Waals surface area contributed by atoms with E-state index in [9.17, 15) is 9.18 Å². The molecule has 1 N–H and O–H groups in total. The molecule has 0 radical (unpaired) electrons. The third-order valence-corrected chi connectivity index (χ3v) is 1.84. The highest BCUT2D eigenvalue weighted by Gasteiger charge is 2.08. The zero-order valence-electron chi connectivity index (χ0n) is 8.40. The summed E-state index contributed by atoms with van der Waals surface area (Å²) in [5, 5.41) is 17.1. The van der Waals surface area contributed by atoms with Crippen LogP contribution in [0.25, 0.3) is 6.08 Å². The molecule has 82 valence electrons. The van der Waals surface area contributed by atoms with Gasteiger partial charge in [-0.25, -0.2) is 9.18 Å². The molecule has 0 bridgehead atoms. The van der Waals surface area contributed by atoms with Crippen LogP contribution in [0, 0.1) is 17.1 Å². The molecule has 0 atom stereocenters. The summed E-state index contributed by atoms with van der Waals surface area (Å²) in [4.78, 5) is 10.3. The molecule has 4 nitrogen and oxygen atoms in total. The van der Waals surface area contributed by atoms with Crippen molar-refractivity contribution in [3.8, 4) is 11.8 Å². The Kier molecular flexibility index (Phi) is 3.62. The third kappa shape index (κ3) is 2.58. The molecule has 1 aromatic carbocycles. The summed E-state index contributed by atoms with van der Waals surface area (Å²) in [6.45, 7) is 0. The summed E-state index contributed by atoms with van der Waals surface area (Å²) in [6, 6.07) is 4.05. The van der Waals surface area contributed by atoms with Crippen LogP contribution in [-0.2, 0) is 4.79 Å². The molecule has 0 fully saturated rings. The zero-order valence-corrected chi connectivity index (χ0v) is 8.40. The van der Waals surface area contributed by atoms with E-state index < -0.39 is 11.8 Å². The molecule has 0 aliphatic heterocycles. The van der Waals surface area contributed by atoms with Gasteiger partial charge in [-0.05, 0) is 18.2 Å². The lowest BCUT2D eigenvalue weighted by Crippen LogP contribution is -1.93. The molecule has 0 saturated heterocycles. The number of carbonyl (C=O) groups is 1. The molecule has 5 heteroatoms. The van der Waals surface area contributed by atoms with Gasteiger partial charge in [-0.1, -0.05) is 0 Å². The van der Waals surface area contributed by atoms with Crippen LogP contribution in [0.4, 0.5) is 4.39 Å². The highest BCUT2D eigenvalue weighted by atomic mass is 19.1. The van der Waals surface area contributed by atoms with Gasteiger partial charge in [-0.2, -0.15) is 5.26 Å². The summed E-state index contributed by atoms with van der Waals surface area (Å²) < 4.78 is 18.2. The molecule has 0 unspecified atom stereocenters. The van der Waals surface area contributed by atoms with Crippen LogP contribution in [0.15, 0.2) is 18.2 Å². The molecule has 1 aromatic rings. The fourth-order valence-electron chi connectivity index (χ4n) is 1.11. The first-order chi connectivity index (χ1) is 7.58. The van der Waals surface area contributed by atoms with Crippen molar-refractivity contribution in [2.24, 2.45) is 0 Å². The summed E-state index contributed by atoms with van der Waals surface area (Å²) >= 11 is 0. The van der Waals surface area contributed by atoms with Gasteiger partial charge in [-0.3, -0.25) is 0 Å². The van der Waals surface area contributed by atoms with Crippen molar-refractivity contribution in [1.82, 2.24) is 0 Å². The van der Waals surface area contributed by atoms with Gasteiger partial charge in [-0.15, -0.1) is 0 Å². The molecule has 16 heavy (non-hydrogen) atoms. The number of halogens is 1. The zero-order chi connectivity index (χ0) is 12.1. The van der Waals surface area contributed by atoms with Crippen LogP contribution >= 0.6 is 0 Å². The minimum Gasteiger partial charge on any atom is -0.495 e. The average Bonchev–Trinajstić information content (AvgIpc) is 2.26. The number of methoxy groups -OCH3 is 1. The molecular formula is C11H8FNO3. The molecule has 0 saturated carbocycles. The van der Waals surface area contributed by atoms with E-state index in [0.717, 1.165) is 18.2 Å². The Morgan fingerprint density at radius 2 is 2.31 bits per heavy atom. The van der Waals surface area contributed by atoms with Gasteiger partial charge < -0.3 is 9.84 Å². The van der Waals surface area contributed by atoms with Crippen LogP contribution in [0.3, 0.4) is 0 Å². The van der Waals surface area contributed by atoms with Crippen LogP contribution in [0.5, 0.6) is 5.75 Å². The quantitative estimate of drug-likeness (QED) is 0.790. The van der Waals surface area contributed by atoms with Crippen LogP contribution in [-0.4, -0.2) is 18.2 Å². The fourth-order valence-corrected chi connectivity index (χ4v) is 1.11. The number of rotatable bonds is 3. The van der Waals surface area contributed by atoms with E-state index in [1.165, 1.54) is 13.2 Å². The standard InChI is InChI=1S/C11H8FNO3/c1-16-10-5-7(2-3-11(14)15)9(12)4-8(10)6-13/h2-5H,1H3,(H,14,15)/b3-2+. The van der Waals surface area contributed by atoms with E-state index in [2.05, 4.69) is 0 Å². The first kappa shape index (κ1) is 11.7. The third-order valence-electron chi connectivity index (χ3n) is 1.84. The fraction of sp³-hybridized carbons (Fsp3) is 0.0909. The molecule has 1 rings (SSSR count). The van der Waals surface area contributed by atoms with Gasteiger partial charge in [0, 0.05) is 11.6 Å². The van der Waals surface area contributed by atoms with E-state index >= 15 is 0 Å². The van der Waals surface area contributed by atoms with Crippen molar-refractivity contribution < 1.29 is 19.0 Å². The van der Waals surface area contributed by atoms with Gasteiger partial charge in [0.1, 0.15) is 17.6 Å². The number of benzene rings is 1. The Morgan fingerprint density at radius 1 is 1.62 bits per heavy atom. The largest absolute Gasteiger partial charge is 0.495 e.